The van der Waals surface area contributed by atoms with Gasteiger partial charge in [-0.1, -0.05) is 6.07 Å². The summed E-state index contributed by atoms with van der Waals surface area (Å²) in [6.45, 7) is 4.11. The van der Waals surface area contributed by atoms with Gasteiger partial charge in [0.15, 0.2) is 0 Å². The molecule has 1 fully saturated rings. The summed E-state index contributed by atoms with van der Waals surface area (Å²) in [6.07, 6.45) is 5.27. The van der Waals surface area contributed by atoms with Gasteiger partial charge in [-0.2, -0.15) is 5.10 Å². The molecule has 2 aromatic carbocycles. The molecule has 1 atom stereocenters. The summed E-state index contributed by atoms with van der Waals surface area (Å²) in [5, 5.41) is 11.5. The van der Waals surface area contributed by atoms with Gasteiger partial charge in [-0.3, -0.25) is 10.00 Å². The van der Waals surface area contributed by atoms with Crippen LogP contribution in [0.2, 0.25) is 0 Å². The Morgan fingerprint density at radius 1 is 1.14 bits per heavy atom. The average molecular weight is 490 g/mol. The first-order valence-corrected chi connectivity index (χ1v) is 12.0. The van der Waals surface area contributed by atoms with Gasteiger partial charge in [-0.15, -0.1) is 0 Å². The number of likely N-dealkylation sites (tertiary alicyclic amines) is 1. The predicted molar refractivity (Wildman–Crippen MR) is 131 cm³/mol. The molecule has 6 rings (SSSR count). The van der Waals surface area contributed by atoms with Gasteiger partial charge >= 0.3 is 6.03 Å². The van der Waals surface area contributed by atoms with Crippen molar-refractivity contribution < 1.29 is 13.6 Å². The molecule has 10 heteroatoms. The van der Waals surface area contributed by atoms with Gasteiger partial charge in [0.2, 0.25) is 0 Å². The van der Waals surface area contributed by atoms with Crippen LogP contribution in [0.4, 0.5) is 19.3 Å². The number of urea groups is 1. The van der Waals surface area contributed by atoms with Crippen molar-refractivity contribution in [2.45, 2.75) is 38.9 Å². The number of amides is 2. The molecule has 0 saturated carbocycles. The smallest absolute Gasteiger partial charge is 0.316 e. The van der Waals surface area contributed by atoms with Crippen LogP contribution in [0.1, 0.15) is 29.8 Å². The number of anilines is 1. The Bertz CT molecular complexity index is 1450. The number of hydrogen-bond donors (Lipinski definition) is 2. The second-order valence-electron chi connectivity index (χ2n) is 9.47. The Morgan fingerprint density at radius 2 is 1.97 bits per heavy atom. The van der Waals surface area contributed by atoms with Crippen LogP contribution in [0.15, 0.2) is 42.7 Å². The van der Waals surface area contributed by atoms with Crippen molar-refractivity contribution >= 4 is 22.6 Å². The summed E-state index contributed by atoms with van der Waals surface area (Å²) < 4.78 is 27.5. The quantitative estimate of drug-likeness (QED) is 0.437. The molecule has 4 aromatic rings. The summed E-state index contributed by atoms with van der Waals surface area (Å²) in [6, 6.07) is 7.50. The Hall–Kier alpha value is -3.92. The number of benzene rings is 2. The van der Waals surface area contributed by atoms with Crippen molar-refractivity contribution in [3.05, 3.63) is 71.3 Å². The first kappa shape index (κ1) is 22.5. The number of fused-ring (bicyclic) bond motifs is 2. The Kier molecular flexibility index (Phi) is 5.60. The zero-order valence-electron chi connectivity index (χ0n) is 19.8. The third kappa shape index (κ3) is 4.17. The van der Waals surface area contributed by atoms with Crippen molar-refractivity contribution in [3.63, 3.8) is 0 Å². The second-order valence-corrected chi connectivity index (χ2v) is 9.47. The number of aryl methyl sites for hydroxylation is 1. The van der Waals surface area contributed by atoms with E-state index in [9.17, 15) is 13.6 Å². The Balaban J connectivity index is 1.24. The van der Waals surface area contributed by atoms with Gasteiger partial charge in [0, 0.05) is 66.3 Å². The van der Waals surface area contributed by atoms with E-state index in [1.54, 1.807) is 12.4 Å². The third-order valence-corrected chi connectivity index (χ3v) is 7.01. The standard InChI is InChI=1S/C26H25F2N7O/c1-15-29-10-18(11-30-15)25-21-7-17-13-35(26(36)31-23(17)9-24(21)32-33-25)20-3-2-6-34(14-20)12-16-4-5-19(27)8-22(16)28/h4-5,7-11,20H,2-3,6,12-14H2,1H3,(H,31,36)(H,32,33)/t20-/m1/s1. The summed E-state index contributed by atoms with van der Waals surface area (Å²) in [7, 11) is 0. The minimum absolute atomic E-state index is 0.0135. The minimum atomic E-state index is -0.582. The number of hydrogen-bond acceptors (Lipinski definition) is 5. The first-order chi connectivity index (χ1) is 17.4. The molecule has 184 valence electrons. The lowest BCUT2D eigenvalue weighted by molar-refractivity contribution is 0.107. The fourth-order valence-corrected chi connectivity index (χ4v) is 5.15. The van der Waals surface area contributed by atoms with E-state index in [-0.39, 0.29) is 12.1 Å². The number of carbonyl (C=O) groups is 1. The molecule has 0 radical (unpaired) electrons. The highest BCUT2D eigenvalue weighted by atomic mass is 19.1. The molecular formula is C26H25F2N7O. The fraction of sp³-hybridized carbons (Fsp3) is 0.308. The van der Waals surface area contributed by atoms with Crippen LogP contribution in [0.5, 0.6) is 0 Å². The minimum Gasteiger partial charge on any atom is -0.316 e. The maximum Gasteiger partial charge on any atom is 0.322 e. The zero-order valence-corrected chi connectivity index (χ0v) is 19.8. The number of piperidine rings is 1. The number of aromatic amines is 1. The van der Waals surface area contributed by atoms with E-state index in [0.29, 0.717) is 31.0 Å². The highest BCUT2D eigenvalue weighted by molar-refractivity contribution is 6.00. The van der Waals surface area contributed by atoms with Crippen molar-refractivity contribution in [2.75, 3.05) is 18.4 Å². The lowest BCUT2D eigenvalue weighted by atomic mass is 9.99. The van der Waals surface area contributed by atoms with Crippen LogP contribution in [0.25, 0.3) is 22.2 Å². The molecule has 2 N–H and O–H groups in total. The van der Waals surface area contributed by atoms with E-state index in [1.165, 1.54) is 12.1 Å². The number of nitrogens with zero attached hydrogens (tertiary/aromatic N) is 5. The highest BCUT2D eigenvalue weighted by Crippen LogP contribution is 2.34. The van der Waals surface area contributed by atoms with Crippen molar-refractivity contribution in [2.24, 2.45) is 0 Å². The zero-order chi connectivity index (χ0) is 24.8. The fourth-order valence-electron chi connectivity index (χ4n) is 5.15. The number of aromatic nitrogens is 4. The number of rotatable bonds is 4. The molecular weight excluding hydrogens is 464 g/mol. The molecule has 1 saturated heterocycles. The lowest BCUT2D eigenvalue weighted by Gasteiger charge is -2.41. The van der Waals surface area contributed by atoms with Crippen molar-refractivity contribution in [1.82, 2.24) is 30.0 Å². The maximum atomic E-state index is 14.2. The number of carbonyl (C=O) groups excluding carboxylic acids is 1. The van der Waals surface area contributed by atoms with Crippen LogP contribution >= 0.6 is 0 Å². The molecule has 36 heavy (non-hydrogen) atoms. The number of halogens is 2. The van der Waals surface area contributed by atoms with E-state index < -0.39 is 11.6 Å². The topological polar surface area (TPSA) is 90.0 Å². The van der Waals surface area contributed by atoms with Crippen molar-refractivity contribution in [1.29, 1.82) is 0 Å². The van der Waals surface area contributed by atoms with Gasteiger partial charge in [-0.05, 0) is 50.1 Å². The van der Waals surface area contributed by atoms with E-state index in [4.69, 9.17) is 0 Å². The summed E-state index contributed by atoms with van der Waals surface area (Å²) >= 11 is 0. The molecule has 2 aromatic heterocycles. The SMILES string of the molecule is Cc1ncc(-c2n[nH]c3cc4c(cc23)CN([C@@H]2CCCN(Cc3ccc(F)cc3F)C2)C(=O)N4)cn1. The second kappa shape index (κ2) is 8.94. The normalized spacial score (nSPS) is 18.4. The Morgan fingerprint density at radius 3 is 2.78 bits per heavy atom. The molecule has 0 spiro atoms. The van der Waals surface area contributed by atoms with Crippen LogP contribution in [0, 0.1) is 18.6 Å². The summed E-state index contributed by atoms with van der Waals surface area (Å²) in [5.41, 5.74) is 4.63. The Labute approximate surface area is 206 Å². The van der Waals surface area contributed by atoms with Gasteiger partial charge < -0.3 is 10.2 Å². The van der Waals surface area contributed by atoms with Gasteiger partial charge in [0.25, 0.3) is 0 Å². The molecule has 8 nitrogen and oxygen atoms in total. The first-order valence-electron chi connectivity index (χ1n) is 12.0. The lowest BCUT2D eigenvalue weighted by Crippen LogP contribution is -2.52. The monoisotopic (exact) mass is 489 g/mol. The molecule has 0 unspecified atom stereocenters. The van der Waals surface area contributed by atoms with Crippen LogP contribution in [0.3, 0.4) is 0 Å². The van der Waals surface area contributed by atoms with Crippen LogP contribution < -0.4 is 5.32 Å². The summed E-state index contributed by atoms with van der Waals surface area (Å²) in [5.74, 6) is -0.431. The molecule has 4 heterocycles. The van der Waals surface area contributed by atoms with Crippen LogP contribution in [-0.2, 0) is 13.1 Å². The van der Waals surface area contributed by atoms with Crippen molar-refractivity contribution in [3.8, 4) is 11.3 Å². The molecule has 0 aliphatic carbocycles. The molecule has 0 bridgehead atoms. The molecule has 2 aliphatic heterocycles. The van der Waals surface area contributed by atoms with E-state index in [1.807, 2.05) is 17.9 Å². The van der Waals surface area contributed by atoms with Gasteiger partial charge in [0.1, 0.15) is 23.2 Å². The molecule has 2 amide bonds. The van der Waals surface area contributed by atoms with E-state index in [0.717, 1.165) is 58.9 Å². The van der Waals surface area contributed by atoms with Crippen LogP contribution in [-0.4, -0.2) is 55.1 Å². The number of H-pyrrole nitrogens is 1. The highest BCUT2D eigenvalue weighted by Gasteiger charge is 2.33. The van der Waals surface area contributed by atoms with E-state index in [2.05, 4.69) is 36.4 Å². The number of nitrogens with one attached hydrogen (secondary N) is 2. The van der Waals surface area contributed by atoms with Gasteiger partial charge in [0.05, 0.1) is 5.52 Å². The van der Waals surface area contributed by atoms with Gasteiger partial charge in [-0.25, -0.2) is 23.5 Å². The average Bonchev–Trinajstić information content (AvgIpc) is 3.27. The summed E-state index contributed by atoms with van der Waals surface area (Å²) in [4.78, 5) is 25.6. The van der Waals surface area contributed by atoms with E-state index >= 15 is 0 Å². The maximum absolute atomic E-state index is 14.2. The predicted octanol–water partition coefficient (Wildman–Crippen LogP) is 4.62. The molecule has 2 aliphatic rings. The largest absolute Gasteiger partial charge is 0.322 e. The third-order valence-electron chi connectivity index (χ3n) is 7.01.